The van der Waals surface area contributed by atoms with Gasteiger partial charge in [0, 0.05) is 24.9 Å². The van der Waals surface area contributed by atoms with Gasteiger partial charge in [-0.1, -0.05) is 31.2 Å². The number of aromatic nitrogens is 2. The molecule has 2 unspecified atom stereocenters. The highest BCUT2D eigenvalue weighted by Gasteiger charge is 2.20. The van der Waals surface area contributed by atoms with E-state index in [0.29, 0.717) is 6.54 Å². The standard InChI is InChI=1S/C26H33N3O4/c1-17(15-27-25(31)33-26(2,3)4)18-8-10-19(11-9-18)20-12-13-22-21(24(20)30)16-29(28-22)23-7-5-6-14-32-23/h8-13,16-17,23,30H,5-7,14-15H2,1-4H3,(H,27,31). The normalized spacial score (nSPS) is 17.6. The van der Waals surface area contributed by atoms with Gasteiger partial charge in [-0.05, 0) is 69.2 Å². The molecule has 2 heterocycles. The molecule has 1 saturated heterocycles. The fraction of sp³-hybridized carbons (Fsp3) is 0.462. The minimum Gasteiger partial charge on any atom is -0.507 e. The van der Waals surface area contributed by atoms with Crippen LogP contribution in [0, 0.1) is 0 Å². The van der Waals surface area contributed by atoms with Gasteiger partial charge in [0.25, 0.3) is 0 Å². The van der Waals surface area contributed by atoms with Gasteiger partial charge in [-0.15, -0.1) is 0 Å². The Morgan fingerprint density at radius 3 is 2.67 bits per heavy atom. The summed E-state index contributed by atoms with van der Waals surface area (Å²) in [5, 5.41) is 19.1. The van der Waals surface area contributed by atoms with Gasteiger partial charge in [0.05, 0.1) is 10.9 Å². The number of phenols is 1. The van der Waals surface area contributed by atoms with Gasteiger partial charge in [0.15, 0.2) is 0 Å². The van der Waals surface area contributed by atoms with Crippen molar-refractivity contribution in [3.8, 4) is 16.9 Å². The molecule has 1 aliphatic rings. The zero-order chi connectivity index (χ0) is 23.6. The van der Waals surface area contributed by atoms with E-state index in [1.54, 1.807) is 0 Å². The minimum atomic E-state index is -0.516. The van der Waals surface area contributed by atoms with Crippen molar-refractivity contribution in [2.45, 2.75) is 64.7 Å². The Kier molecular flexibility index (Phi) is 6.61. The van der Waals surface area contributed by atoms with E-state index >= 15 is 0 Å². The Morgan fingerprint density at radius 2 is 2.00 bits per heavy atom. The van der Waals surface area contributed by atoms with Crippen LogP contribution in [0.5, 0.6) is 5.75 Å². The number of hydrogen-bond donors (Lipinski definition) is 2. The molecular formula is C26H33N3O4. The summed E-state index contributed by atoms with van der Waals surface area (Å²) in [6.45, 7) is 8.81. The average molecular weight is 452 g/mol. The van der Waals surface area contributed by atoms with Crippen molar-refractivity contribution in [1.29, 1.82) is 0 Å². The van der Waals surface area contributed by atoms with Crippen LogP contribution in [-0.2, 0) is 9.47 Å². The van der Waals surface area contributed by atoms with Gasteiger partial charge in [-0.2, -0.15) is 5.10 Å². The van der Waals surface area contributed by atoms with Crippen LogP contribution < -0.4 is 5.32 Å². The molecule has 3 aromatic rings. The molecule has 0 bridgehead atoms. The number of amides is 1. The first-order valence-corrected chi connectivity index (χ1v) is 11.6. The van der Waals surface area contributed by atoms with E-state index in [2.05, 4.69) is 17.3 Å². The number of aromatic hydroxyl groups is 1. The van der Waals surface area contributed by atoms with E-state index in [0.717, 1.165) is 53.5 Å². The van der Waals surface area contributed by atoms with Crippen LogP contribution in [0.15, 0.2) is 42.6 Å². The summed E-state index contributed by atoms with van der Waals surface area (Å²) in [4.78, 5) is 11.9. The third-order valence-corrected chi connectivity index (χ3v) is 5.87. The van der Waals surface area contributed by atoms with Crippen molar-refractivity contribution in [3.05, 3.63) is 48.2 Å². The summed E-state index contributed by atoms with van der Waals surface area (Å²) in [6, 6.07) is 11.9. The number of carbonyl (C=O) groups is 1. The van der Waals surface area contributed by atoms with Gasteiger partial charge >= 0.3 is 6.09 Å². The second-order valence-corrected chi connectivity index (χ2v) is 9.73. The lowest BCUT2D eigenvalue weighted by Crippen LogP contribution is -2.34. The van der Waals surface area contributed by atoms with Crippen molar-refractivity contribution < 1.29 is 19.4 Å². The molecule has 7 heteroatoms. The van der Waals surface area contributed by atoms with E-state index < -0.39 is 11.7 Å². The summed E-state index contributed by atoms with van der Waals surface area (Å²) in [7, 11) is 0. The Hall–Kier alpha value is -3.06. The first-order valence-electron chi connectivity index (χ1n) is 11.6. The van der Waals surface area contributed by atoms with Crippen LogP contribution in [-0.4, -0.2) is 39.7 Å². The molecule has 0 radical (unpaired) electrons. The number of phenolic OH excluding ortho intramolecular Hbond substituents is 1. The molecule has 4 rings (SSSR count). The lowest BCUT2D eigenvalue weighted by Gasteiger charge is -2.22. The maximum Gasteiger partial charge on any atom is 0.407 e. The fourth-order valence-electron chi connectivity index (χ4n) is 4.07. The highest BCUT2D eigenvalue weighted by atomic mass is 16.6. The number of nitrogens with one attached hydrogen (secondary N) is 1. The van der Waals surface area contributed by atoms with Crippen LogP contribution in [0.25, 0.3) is 22.0 Å². The Morgan fingerprint density at radius 1 is 1.24 bits per heavy atom. The lowest BCUT2D eigenvalue weighted by atomic mass is 9.96. The molecule has 1 aliphatic heterocycles. The molecule has 1 fully saturated rings. The highest BCUT2D eigenvalue weighted by molar-refractivity contribution is 5.92. The number of hydrogen-bond acceptors (Lipinski definition) is 5. The first kappa shape index (κ1) is 23.1. The smallest absolute Gasteiger partial charge is 0.407 e. The third-order valence-electron chi connectivity index (χ3n) is 5.87. The number of fused-ring (bicyclic) bond motifs is 1. The second kappa shape index (κ2) is 9.43. The molecule has 0 aliphatic carbocycles. The molecule has 2 N–H and O–H groups in total. The largest absolute Gasteiger partial charge is 0.507 e. The molecular weight excluding hydrogens is 418 g/mol. The van der Waals surface area contributed by atoms with E-state index in [1.165, 1.54) is 0 Å². The zero-order valence-corrected chi connectivity index (χ0v) is 19.8. The van der Waals surface area contributed by atoms with Crippen LogP contribution in [0.4, 0.5) is 4.79 Å². The Balaban J connectivity index is 1.47. The summed E-state index contributed by atoms with van der Waals surface area (Å²) < 4.78 is 13.0. The van der Waals surface area contributed by atoms with E-state index in [9.17, 15) is 9.90 Å². The predicted molar refractivity (Wildman–Crippen MR) is 128 cm³/mol. The van der Waals surface area contributed by atoms with Gasteiger partial charge in [-0.25, -0.2) is 9.48 Å². The van der Waals surface area contributed by atoms with Crippen LogP contribution in [0.3, 0.4) is 0 Å². The van der Waals surface area contributed by atoms with Crippen LogP contribution >= 0.6 is 0 Å². The number of benzene rings is 2. The van der Waals surface area contributed by atoms with Crippen LogP contribution in [0.2, 0.25) is 0 Å². The lowest BCUT2D eigenvalue weighted by molar-refractivity contribution is -0.0390. The number of alkyl carbamates (subject to hydrolysis) is 1. The number of rotatable bonds is 5. The summed E-state index contributed by atoms with van der Waals surface area (Å²) in [6.07, 6.45) is 4.54. The molecule has 7 nitrogen and oxygen atoms in total. The summed E-state index contributed by atoms with van der Waals surface area (Å²) >= 11 is 0. The monoisotopic (exact) mass is 451 g/mol. The quantitative estimate of drug-likeness (QED) is 0.517. The second-order valence-electron chi connectivity index (χ2n) is 9.73. The predicted octanol–water partition coefficient (Wildman–Crippen LogP) is 5.74. The van der Waals surface area contributed by atoms with Gasteiger partial charge in [-0.3, -0.25) is 0 Å². The van der Waals surface area contributed by atoms with Crippen molar-refractivity contribution in [1.82, 2.24) is 15.1 Å². The Bertz CT molecular complexity index is 1110. The molecule has 1 aromatic heterocycles. The molecule has 2 atom stereocenters. The molecule has 1 amide bonds. The molecule has 176 valence electrons. The van der Waals surface area contributed by atoms with Crippen LogP contribution in [0.1, 0.15) is 64.7 Å². The van der Waals surface area contributed by atoms with E-state index in [-0.39, 0.29) is 17.9 Å². The topological polar surface area (TPSA) is 85.6 Å². The zero-order valence-electron chi connectivity index (χ0n) is 19.8. The van der Waals surface area contributed by atoms with E-state index in [4.69, 9.17) is 9.47 Å². The molecule has 2 aromatic carbocycles. The number of carbonyl (C=O) groups excluding carboxylic acids is 1. The maximum atomic E-state index is 11.9. The van der Waals surface area contributed by atoms with Gasteiger partial charge in [0.2, 0.25) is 0 Å². The summed E-state index contributed by atoms with van der Waals surface area (Å²) in [5.41, 5.74) is 3.02. The van der Waals surface area contributed by atoms with Gasteiger partial charge in [0.1, 0.15) is 17.6 Å². The SMILES string of the molecule is CC(CNC(=O)OC(C)(C)C)c1ccc(-c2ccc3nn(C4CCCCO4)cc3c2O)cc1. The fourth-order valence-corrected chi connectivity index (χ4v) is 4.07. The molecule has 33 heavy (non-hydrogen) atoms. The van der Waals surface area contributed by atoms with Gasteiger partial charge < -0.3 is 19.9 Å². The van der Waals surface area contributed by atoms with Crippen molar-refractivity contribution >= 4 is 17.0 Å². The van der Waals surface area contributed by atoms with Crippen molar-refractivity contribution in [3.63, 3.8) is 0 Å². The van der Waals surface area contributed by atoms with Crippen molar-refractivity contribution in [2.24, 2.45) is 0 Å². The maximum absolute atomic E-state index is 11.9. The Labute approximate surface area is 194 Å². The molecule has 0 saturated carbocycles. The van der Waals surface area contributed by atoms with E-state index in [1.807, 2.05) is 68.0 Å². The minimum absolute atomic E-state index is 0.0657. The third kappa shape index (κ3) is 5.47. The highest BCUT2D eigenvalue weighted by Crippen LogP contribution is 2.37. The molecule has 0 spiro atoms. The first-order chi connectivity index (χ1) is 15.7. The summed E-state index contributed by atoms with van der Waals surface area (Å²) in [5.74, 6) is 0.346. The number of ether oxygens (including phenoxy) is 2. The average Bonchev–Trinajstić information content (AvgIpc) is 3.23. The number of nitrogens with zero attached hydrogens (tertiary/aromatic N) is 2. The van der Waals surface area contributed by atoms with Crippen molar-refractivity contribution in [2.75, 3.05) is 13.2 Å².